The summed E-state index contributed by atoms with van der Waals surface area (Å²) in [5.74, 6) is 3.15. The third-order valence-corrected chi connectivity index (χ3v) is 2.88. The Hall–Kier alpha value is -0.740. The zero-order valence-corrected chi connectivity index (χ0v) is 9.89. The van der Waals surface area contributed by atoms with Crippen molar-refractivity contribution in [2.45, 2.75) is 13.3 Å². The second-order valence-electron chi connectivity index (χ2n) is 3.15. The molecule has 15 heavy (non-hydrogen) atoms. The molecule has 0 unspecified atom stereocenters. The van der Waals surface area contributed by atoms with E-state index in [1.165, 1.54) is 0 Å². The van der Waals surface area contributed by atoms with Gasteiger partial charge in [-0.05, 0) is 29.9 Å². The minimum atomic E-state index is 0.190. The van der Waals surface area contributed by atoms with E-state index in [9.17, 15) is 0 Å². The Morgan fingerprint density at radius 1 is 1.53 bits per heavy atom. The molecule has 0 aliphatic carbocycles. The van der Waals surface area contributed by atoms with Gasteiger partial charge in [0, 0.05) is 25.1 Å². The highest BCUT2D eigenvalue weighted by molar-refractivity contribution is 7.99. The number of thioether (sulfide) groups is 1. The smallest absolute Gasteiger partial charge is 0.126 e. The molecule has 2 N–H and O–H groups in total. The van der Waals surface area contributed by atoms with E-state index in [2.05, 4.69) is 17.2 Å². The first-order valence-electron chi connectivity index (χ1n) is 5.24. The van der Waals surface area contributed by atoms with Crippen molar-refractivity contribution < 1.29 is 5.11 Å². The average Bonchev–Trinajstić information content (AvgIpc) is 2.26. The van der Waals surface area contributed by atoms with Gasteiger partial charge >= 0.3 is 0 Å². The van der Waals surface area contributed by atoms with E-state index in [-0.39, 0.29) is 6.61 Å². The highest BCUT2D eigenvalue weighted by atomic mass is 32.2. The summed E-state index contributed by atoms with van der Waals surface area (Å²) in [6, 6.07) is 3.93. The molecule has 1 aromatic rings. The van der Waals surface area contributed by atoms with Gasteiger partial charge in [-0.25, -0.2) is 4.98 Å². The summed E-state index contributed by atoms with van der Waals surface area (Å²) in [7, 11) is 0. The Morgan fingerprint density at radius 3 is 3.13 bits per heavy atom. The molecule has 4 heteroatoms. The highest BCUT2D eigenvalue weighted by Crippen LogP contribution is 2.07. The Morgan fingerprint density at radius 2 is 2.40 bits per heavy atom. The maximum atomic E-state index is 8.81. The van der Waals surface area contributed by atoms with E-state index in [4.69, 9.17) is 5.11 Å². The van der Waals surface area contributed by atoms with Crippen molar-refractivity contribution in [1.82, 2.24) is 4.98 Å². The molecule has 0 aliphatic heterocycles. The van der Waals surface area contributed by atoms with Crippen LogP contribution in [-0.4, -0.2) is 34.7 Å². The molecule has 0 saturated carbocycles. The van der Waals surface area contributed by atoms with Crippen LogP contribution in [0.5, 0.6) is 0 Å². The third-order valence-electron chi connectivity index (χ3n) is 1.98. The van der Waals surface area contributed by atoms with Gasteiger partial charge in [0.25, 0.3) is 0 Å². The van der Waals surface area contributed by atoms with Crippen LogP contribution in [0.3, 0.4) is 0 Å². The van der Waals surface area contributed by atoms with Crippen LogP contribution in [0.1, 0.15) is 12.5 Å². The number of anilines is 1. The summed E-state index contributed by atoms with van der Waals surface area (Å²) in [4.78, 5) is 4.22. The summed E-state index contributed by atoms with van der Waals surface area (Å²) in [6.07, 6.45) is 2.47. The lowest BCUT2D eigenvalue weighted by molar-refractivity contribution is 0.299. The van der Waals surface area contributed by atoms with Gasteiger partial charge in [0.15, 0.2) is 0 Å². The Kier molecular flexibility index (Phi) is 6.20. The molecule has 0 aliphatic rings. The number of nitrogens with one attached hydrogen (secondary N) is 1. The van der Waals surface area contributed by atoms with Gasteiger partial charge in [0.05, 0.1) is 0 Å². The van der Waals surface area contributed by atoms with E-state index >= 15 is 0 Å². The molecule has 84 valence electrons. The van der Waals surface area contributed by atoms with Crippen molar-refractivity contribution >= 4 is 17.6 Å². The highest BCUT2D eigenvalue weighted by Gasteiger charge is 1.96. The lowest BCUT2D eigenvalue weighted by atomic mass is 10.2. The van der Waals surface area contributed by atoms with Crippen LogP contribution in [-0.2, 0) is 6.42 Å². The molecule has 0 spiro atoms. The molecule has 0 aromatic carbocycles. The van der Waals surface area contributed by atoms with E-state index in [0.717, 1.165) is 29.4 Å². The van der Waals surface area contributed by atoms with E-state index in [1.807, 2.05) is 23.9 Å². The van der Waals surface area contributed by atoms with Crippen molar-refractivity contribution in [1.29, 1.82) is 0 Å². The largest absolute Gasteiger partial charge is 0.396 e. The van der Waals surface area contributed by atoms with E-state index in [0.29, 0.717) is 6.42 Å². The summed E-state index contributed by atoms with van der Waals surface area (Å²) in [5.41, 5.74) is 1.12. The average molecular weight is 226 g/mol. The maximum Gasteiger partial charge on any atom is 0.126 e. The number of aromatic nitrogens is 1. The lowest BCUT2D eigenvalue weighted by Crippen LogP contribution is -2.06. The van der Waals surface area contributed by atoms with Crippen LogP contribution < -0.4 is 5.32 Å². The van der Waals surface area contributed by atoms with Crippen molar-refractivity contribution in [2.24, 2.45) is 0 Å². The maximum absolute atomic E-state index is 8.81. The van der Waals surface area contributed by atoms with Crippen LogP contribution in [0.2, 0.25) is 0 Å². The van der Waals surface area contributed by atoms with Gasteiger partial charge < -0.3 is 10.4 Å². The predicted octanol–water partition coefficient (Wildman–Crippen LogP) is 1.78. The molecule has 1 heterocycles. The molecule has 1 aromatic heterocycles. The number of aliphatic hydroxyl groups is 1. The van der Waals surface area contributed by atoms with Gasteiger partial charge in [0.2, 0.25) is 0 Å². The van der Waals surface area contributed by atoms with Crippen LogP contribution in [0.4, 0.5) is 5.82 Å². The van der Waals surface area contributed by atoms with E-state index in [1.54, 1.807) is 6.20 Å². The number of aliphatic hydroxyl groups excluding tert-OH is 1. The molecule has 0 saturated heterocycles. The van der Waals surface area contributed by atoms with Gasteiger partial charge in [0.1, 0.15) is 5.82 Å². The second-order valence-corrected chi connectivity index (χ2v) is 4.54. The second kappa shape index (κ2) is 7.54. The fraction of sp³-hybridized carbons (Fsp3) is 0.545. The SMILES string of the molecule is CCSCCNc1cc(CCO)ccn1. The number of pyridine rings is 1. The first-order valence-corrected chi connectivity index (χ1v) is 6.39. The molecule has 3 nitrogen and oxygen atoms in total. The minimum absolute atomic E-state index is 0.190. The van der Waals surface area contributed by atoms with Gasteiger partial charge in [-0.3, -0.25) is 0 Å². The number of nitrogens with zero attached hydrogens (tertiary/aromatic N) is 1. The minimum Gasteiger partial charge on any atom is -0.396 e. The standard InChI is InChI=1S/C11H18N2OS/c1-2-15-8-6-13-11-9-10(4-7-14)3-5-12-11/h3,5,9,14H,2,4,6-8H2,1H3,(H,12,13). The van der Waals surface area contributed by atoms with Crippen molar-refractivity contribution in [3.05, 3.63) is 23.9 Å². The molecule has 0 fully saturated rings. The zero-order valence-electron chi connectivity index (χ0n) is 9.07. The summed E-state index contributed by atoms with van der Waals surface area (Å²) >= 11 is 1.91. The molecular weight excluding hydrogens is 208 g/mol. The lowest BCUT2D eigenvalue weighted by Gasteiger charge is -2.06. The molecular formula is C11H18N2OS. The van der Waals surface area contributed by atoms with E-state index < -0.39 is 0 Å². The number of rotatable bonds is 7. The van der Waals surface area contributed by atoms with Crippen LogP contribution in [0, 0.1) is 0 Å². The van der Waals surface area contributed by atoms with Gasteiger partial charge in [-0.1, -0.05) is 6.92 Å². The first-order chi connectivity index (χ1) is 7.36. The Labute approximate surface area is 95.3 Å². The van der Waals surface area contributed by atoms with Gasteiger partial charge in [-0.2, -0.15) is 11.8 Å². The van der Waals surface area contributed by atoms with Crippen molar-refractivity contribution in [3.63, 3.8) is 0 Å². The number of hydrogen-bond donors (Lipinski definition) is 2. The first kappa shape index (κ1) is 12.3. The Bertz CT molecular complexity index is 281. The Balaban J connectivity index is 2.36. The third kappa shape index (κ3) is 5.04. The van der Waals surface area contributed by atoms with Crippen LogP contribution in [0.25, 0.3) is 0 Å². The molecule has 0 bridgehead atoms. The number of hydrogen-bond acceptors (Lipinski definition) is 4. The molecule has 0 radical (unpaired) electrons. The van der Waals surface area contributed by atoms with Crippen LogP contribution in [0.15, 0.2) is 18.3 Å². The summed E-state index contributed by atoms with van der Waals surface area (Å²) in [6.45, 7) is 3.29. The van der Waals surface area contributed by atoms with Gasteiger partial charge in [-0.15, -0.1) is 0 Å². The molecule has 0 atom stereocenters. The fourth-order valence-corrected chi connectivity index (χ4v) is 1.79. The summed E-state index contributed by atoms with van der Waals surface area (Å²) in [5, 5.41) is 12.1. The van der Waals surface area contributed by atoms with Crippen molar-refractivity contribution in [2.75, 3.05) is 30.0 Å². The monoisotopic (exact) mass is 226 g/mol. The van der Waals surface area contributed by atoms with Crippen molar-refractivity contribution in [3.8, 4) is 0 Å². The topological polar surface area (TPSA) is 45.1 Å². The fourth-order valence-electron chi connectivity index (χ4n) is 1.25. The van der Waals surface area contributed by atoms with Crippen LogP contribution >= 0.6 is 11.8 Å². The molecule has 1 rings (SSSR count). The normalized spacial score (nSPS) is 10.3. The zero-order chi connectivity index (χ0) is 10.9. The molecule has 0 amide bonds. The summed E-state index contributed by atoms with van der Waals surface area (Å²) < 4.78 is 0. The quantitative estimate of drug-likeness (QED) is 0.696. The predicted molar refractivity (Wildman–Crippen MR) is 66.5 cm³/mol.